The second-order valence-corrected chi connectivity index (χ2v) is 19.3. The molecule has 7 nitrogen and oxygen atoms in total. The van der Waals surface area contributed by atoms with Gasteiger partial charge < -0.3 is 28.5 Å². The van der Waals surface area contributed by atoms with E-state index in [1.165, 1.54) is 0 Å². The van der Waals surface area contributed by atoms with Crippen LogP contribution in [-0.4, -0.2) is 63.2 Å². The molecule has 1 amide bonds. The molecule has 172 valence electrons. The predicted octanol–water partition coefficient (Wildman–Crippen LogP) is 2.86. The summed E-state index contributed by atoms with van der Waals surface area (Å²) >= 11 is 0. The normalized spacial score (nSPS) is 37.5. The van der Waals surface area contributed by atoms with E-state index in [1.807, 2.05) is 0 Å². The first-order valence-electron chi connectivity index (χ1n) is 11.2. The third kappa shape index (κ3) is 3.37. The molecule has 3 aliphatic rings. The zero-order valence-corrected chi connectivity index (χ0v) is 21.6. The van der Waals surface area contributed by atoms with E-state index in [0.29, 0.717) is 0 Å². The molecule has 0 aromatic carbocycles. The molecule has 0 aromatic heterocycles. The standard InChI is InChI=1S/C21H39NO6Si2/c1-13(2)29(14(3)4)26-18-19(27-30(28-29,15(5)6)16(7)8)21(25,12-23)10-9-20(18)11-17(24)22-20/h9-10,13-16,18-19,23,25H,11-12H2,1-8H3,(H,22,24)/t18-,19+,20+,21-/m1/s1. The monoisotopic (exact) mass is 457 g/mol. The van der Waals surface area contributed by atoms with Crippen molar-refractivity contribution in [2.75, 3.05) is 6.61 Å². The Balaban J connectivity index is 2.25. The van der Waals surface area contributed by atoms with E-state index < -0.39 is 47.1 Å². The fourth-order valence-corrected chi connectivity index (χ4v) is 16.7. The number of β-lactam (4-membered cyclic amide) rings is 1. The molecular weight excluding hydrogens is 418 g/mol. The van der Waals surface area contributed by atoms with Gasteiger partial charge in [0.15, 0.2) is 0 Å². The molecule has 2 fully saturated rings. The topological polar surface area (TPSA) is 97.2 Å². The third-order valence-corrected chi connectivity index (χ3v) is 17.4. The van der Waals surface area contributed by atoms with Crippen molar-refractivity contribution in [2.45, 2.75) is 107 Å². The predicted molar refractivity (Wildman–Crippen MR) is 119 cm³/mol. The minimum absolute atomic E-state index is 0.0563. The van der Waals surface area contributed by atoms with Gasteiger partial charge in [0.25, 0.3) is 0 Å². The van der Waals surface area contributed by atoms with Crippen LogP contribution in [0.25, 0.3) is 0 Å². The molecule has 2 aliphatic heterocycles. The van der Waals surface area contributed by atoms with Gasteiger partial charge in [0.05, 0.1) is 18.6 Å². The highest BCUT2D eigenvalue weighted by Gasteiger charge is 2.68. The van der Waals surface area contributed by atoms with E-state index in [4.69, 9.17) is 13.0 Å². The summed E-state index contributed by atoms with van der Waals surface area (Å²) < 4.78 is 21.0. The highest BCUT2D eigenvalue weighted by Crippen LogP contribution is 2.52. The summed E-state index contributed by atoms with van der Waals surface area (Å²) in [5.41, 5.74) is -1.82. The van der Waals surface area contributed by atoms with E-state index in [-0.39, 0.29) is 34.5 Å². The molecule has 2 saturated heterocycles. The van der Waals surface area contributed by atoms with Gasteiger partial charge in [0.2, 0.25) is 5.91 Å². The molecule has 4 atom stereocenters. The van der Waals surface area contributed by atoms with E-state index in [9.17, 15) is 15.0 Å². The summed E-state index contributed by atoms with van der Waals surface area (Å²) in [5, 5.41) is 24.5. The van der Waals surface area contributed by atoms with Gasteiger partial charge in [-0.15, -0.1) is 0 Å². The first-order chi connectivity index (χ1) is 13.8. The number of hydrogen-bond acceptors (Lipinski definition) is 6. The van der Waals surface area contributed by atoms with Gasteiger partial charge in [-0.25, -0.2) is 0 Å². The number of aliphatic hydroxyl groups excluding tert-OH is 1. The average molecular weight is 458 g/mol. The second-order valence-electron chi connectivity index (χ2n) is 10.5. The molecule has 0 aromatic rings. The minimum Gasteiger partial charge on any atom is -0.414 e. The van der Waals surface area contributed by atoms with Crippen LogP contribution in [0.5, 0.6) is 0 Å². The van der Waals surface area contributed by atoms with Crippen LogP contribution < -0.4 is 5.32 Å². The van der Waals surface area contributed by atoms with Crippen molar-refractivity contribution in [2.24, 2.45) is 0 Å². The second kappa shape index (κ2) is 7.79. The van der Waals surface area contributed by atoms with E-state index >= 15 is 0 Å². The van der Waals surface area contributed by atoms with Crippen molar-refractivity contribution in [3.63, 3.8) is 0 Å². The first-order valence-corrected chi connectivity index (χ1v) is 15.1. The maximum atomic E-state index is 12.0. The lowest BCUT2D eigenvalue weighted by molar-refractivity contribution is -0.155. The molecule has 0 radical (unpaired) electrons. The maximum Gasteiger partial charge on any atom is 0.335 e. The van der Waals surface area contributed by atoms with Crippen LogP contribution in [-0.2, 0) is 17.8 Å². The zero-order chi connectivity index (χ0) is 22.7. The smallest absolute Gasteiger partial charge is 0.335 e. The lowest BCUT2D eigenvalue weighted by atomic mass is 9.70. The van der Waals surface area contributed by atoms with E-state index in [2.05, 4.69) is 60.7 Å². The number of nitrogens with one attached hydrogen (secondary N) is 1. The van der Waals surface area contributed by atoms with Crippen LogP contribution >= 0.6 is 0 Å². The Bertz CT molecular complexity index is 686. The molecule has 3 N–H and O–H groups in total. The average Bonchev–Trinajstić information content (AvgIpc) is 2.81. The van der Waals surface area contributed by atoms with Crippen LogP contribution in [0.4, 0.5) is 0 Å². The van der Waals surface area contributed by atoms with E-state index in [1.54, 1.807) is 12.2 Å². The summed E-state index contributed by atoms with van der Waals surface area (Å²) in [6, 6.07) is 0. The van der Waals surface area contributed by atoms with Gasteiger partial charge in [0.1, 0.15) is 17.8 Å². The summed E-state index contributed by atoms with van der Waals surface area (Å²) in [4.78, 5) is 12.0. The maximum absolute atomic E-state index is 12.0. The zero-order valence-electron chi connectivity index (χ0n) is 19.6. The molecule has 9 heteroatoms. The van der Waals surface area contributed by atoms with Gasteiger partial charge in [-0.2, -0.15) is 0 Å². The largest absolute Gasteiger partial charge is 0.414 e. The van der Waals surface area contributed by atoms with Gasteiger partial charge in [0, 0.05) is 0 Å². The molecule has 1 aliphatic carbocycles. The summed E-state index contributed by atoms with van der Waals surface area (Å²) in [6.07, 6.45) is 2.19. The Kier molecular flexibility index (Phi) is 6.26. The molecular formula is C21H39NO6Si2. The molecule has 0 unspecified atom stereocenters. The molecule has 0 saturated carbocycles. The first kappa shape index (κ1) is 24.1. The SMILES string of the molecule is CC(C)[Si]1(C(C)C)O[C@@H]2[C@H](O[Si](C(C)C)(C(C)C)O1)[C@](O)(CO)C=C[C@]21CC(=O)N1. The molecule has 0 bridgehead atoms. The number of amides is 1. The van der Waals surface area contributed by atoms with Crippen molar-refractivity contribution in [3.05, 3.63) is 12.2 Å². The van der Waals surface area contributed by atoms with Crippen molar-refractivity contribution in [1.29, 1.82) is 0 Å². The van der Waals surface area contributed by atoms with Crippen LogP contribution in [0.1, 0.15) is 61.8 Å². The number of aliphatic hydroxyl groups is 2. The van der Waals surface area contributed by atoms with Gasteiger partial charge in [-0.05, 0) is 28.2 Å². The lowest BCUT2D eigenvalue weighted by Gasteiger charge is -2.55. The number of hydrogen-bond donors (Lipinski definition) is 3. The Morgan fingerprint density at radius 3 is 1.77 bits per heavy atom. The fourth-order valence-electron chi connectivity index (χ4n) is 5.31. The fraction of sp³-hybridized carbons (Fsp3) is 0.857. The third-order valence-electron chi connectivity index (χ3n) is 7.18. The van der Waals surface area contributed by atoms with Crippen LogP contribution in [0.2, 0.25) is 22.2 Å². The van der Waals surface area contributed by atoms with Crippen LogP contribution in [0.3, 0.4) is 0 Å². The molecule has 1 spiro atoms. The highest BCUT2D eigenvalue weighted by molar-refractivity contribution is 6.84. The summed E-state index contributed by atoms with van der Waals surface area (Å²) in [7, 11) is -5.78. The minimum atomic E-state index is -2.91. The number of carbonyl (C=O) groups excluding carboxylic acids is 1. The molecule has 30 heavy (non-hydrogen) atoms. The van der Waals surface area contributed by atoms with Crippen molar-refractivity contribution in [1.82, 2.24) is 5.32 Å². The lowest BCUT2D eigenvalue weighted by Crippen LogP contribution is -2.75. The van der Waals surface area contributed by atoms with Crippen LogP contribution in [0, 0.1) is 0 Å². The Labute approximate surface area is 182 Å². The Morgan fingerprint density at radius 1 is 0.967 bits per heavy atom. The van der Waals surface area contributed by atoms with Gasteiger partial charge in [-0.1, -0.05) is 61.5 Å². The van der Waals surface area contributed by atoms with Crippen molar-refractivity contribution < 1.29 is 28.0 Å². The summed E-state index contributed by atoms with van der Waals surface area (Å²) in [6.45, 7) is 16.5. The molecule has 2 heterocycles. The van der Waals surface area contributed by atoms with Crippen LogP contribution in [0.15, 0.2) is 12.2 Å². The number of rotatable bonds is 5. The summed E-state index contributed by atoms with van der Waals surface area (Å²) in [5.74, 6) is -0.0563. The number of carbonyl (C=O) groups is 1. The Hall–Kier alpha value is -0.556. The quantitative estimate of drug-likeness (QED) is 0.334. The van der Waals surface area contributed by atoms with Crippen molar-refractivity contribution >= 4 is 23.0 Å². The van der Waals surface area contributed by atoms with Gasteiger partial charge >= 0.3 is 17.1 Å². The molecule has 3 rings (SSSR count). The van der Waals surface area contributed by atoms with Gasteiger partial charge in [-0.3, -0.25) is 4.79 Å². The van der Waals surface area contributed by atoms with E-state index in [0.717, 1.165) is 0 Å². The highest BCUT2D eigenvalue weighted by atomic mass is 28.5. The Morgan fingerprint density at radius 2 is 1.40 bits per heavy atom. The number of fused-ring (bicyclic) bond motifs is 2. The van der Waals surface area contributed by atoms with Crippen molar-refractivity contribution in [3.8, 4) is 0 Å².